The third kappa shape index (κ3) is 2.31. The molecule has 6 heteroatoms. The lowest BCUT2D eigenvalue weighted by Gasteiger charge is -2.11. The van der Waals surface area contributed by atoms with Crippen LogP contribution in [-0.4, -0.2) is 36.3 Å². The maximum atomic E-state index is 12.1. The highest BCUT2D eigenvalue weighted by atomic mass is 32.2. The molecule has 20 heavy (non-hydrogen) atoms. The Morgan fingerprint density at radius 3 is 2.40 bits per heavy atom. The molecule has 0 radical (unpaired) electrons. The summed E-state index contributed by atoms with van der Waals surface area (Å²) in [5, 5.41) is 11.0. The highest BCUT2D eigenvalue weighted by Crippen LogP contribution is 2.36. The summed E-state index contributed by atoms with van der Waals surface area (Å²) >= 11 is 0. The van der Waals surface area contributed by atoms with Crippen LogP contribution in [0, 0.1) is 0 Å². The monoisotopic (exact) mass is 296 g/mol. The van der Waals surface area contributed by atoms with Crippen molar-refractivity contribution in [2.75, 3.05) is 26.2 Å². The van der Waals surface area contributed by atoms with Crippen LogP contribution in [0.4, 0.5) is 0 Å². The molecule has 0 amide bonds. The highest BCUT2D eigenvalue weighted by molar-refractivity contribution is 7.96. The lowest BCUT2D eigenvalue weighted by molar-refractivity contribution is 0.355. The van der Waals surface area contributed by atoms with Gasteiger partial charge < -0.3 is 19.6 Å². The number of H-pyrrole nitrogens is 1. The molecule has 108 valence electrons. The number of methoxy groups -OCH3 is 2. The van der Waals surface area contributed by atoms with E-state index < -0.39 is 0 Å². The predicted molar refractivity (Wildman–Crippen MR) is 81.4 cm³/mol. The third-order valence-corrected chi connectivity index (χ3v) is 5.17. The molecule has 0 spiro atoms. The van der Waals surface area contributed by atoms with Crippen molar-refractivity contribution in [1.82, 2.24) is 4.98 Å². The van der Waals surface area contributed by atoms with Gasteiger partial charge in [-0.2, -0.15) is 0 Å². The van der Waals surface area contributed by atoms with E-state index in [1.165, 1.54) is 14.2 Å². The summed E-state index contributed by atoms with van der Waals surface area (Å²) in [6.45, 7) is 1.99. The fraction of sp³-hybridized carbons (Fsp3) is 0.357. The first-order chi connectivity index (χ1) is 9.53. The van der Waals surface area contributed by atoms with Gasteiger partial charge in [0.15, 0.2) is 17.2 Å². The van der Waals surface area contributed by atoms with Gasteiger partial charge in [-0.15, -0.1) is 0 Å². The predicted octanol–water partition coefficient (Wildman–Crippen LogP) is 1.88. The number of aromatic hydroxyl groups is 1. The molecular formula is C14H18NO4S+. The number of nitrogens with one attached hydrogen (secondary N) is 1. The van der Waals surface area contributed by atoms with E-state index in [4.69, 9.17) is 9.47 Å². The molecule has 1 aromatic carbocycles. The zero-order chi connectivity index (χ0) is 14.9. The second-order valence-electron chi connectivity index (χ2n) is 4.31. The van der Waals surface area contributed by atoms with Gasteiger partial charge in [-0.05, 0) is 13.0 Å². The minimum atomic E-state index is -0.301. The molecule has 0 aliphatic carbocycles. The van der Waals surface area contributed by atoms with E-state index in [1.807, 2.05) is 13.2 Å². The Morgan fingerprint density at radius 2 is 1.85 bits per heavy atom. The first-order valence-corrected chi connectivity index (χ1v) is 7.97. The second kappa shape index (κ2) is 5.66. The number of hydrogen-bond donors (Lipinski definition) is 2. The third-order valence-electron chi connectivity index (χ3n) is 3.23. The number of pyridine rings is 1. The number of fused-ring (bicyclic) bond motifs is 1. The molecule has 0 saturated carbocycles. The van der Waals surface area contributed by atoms with E-state index in [-0.39, 0.29) is 22.2 Å². The Morgan fingerprint density at radius 1 is 1.25 bits per heavy atom. The SMILES string of the molecule is CC[S+](C)c1c(O)c2cc(OC)c(OC)cc2[nH]c1=O. The maximum Gasteiger partial charge on any atom is 0.307 e. The largest absolute Gasteiger partial charge is 0.503 e. The zero-order valence-corrected chi connectivity index (χ0v) is 12.8. The van der Waals surface area contributed by atoms with Crippen LogP contribution in [0.15, 0.2) is 21.8 Å². The van der Waals surface area contributed by atoms with Crippen LogP contribution in [0.3, 0.4) is 0 Å². The normalized spacial score (nSPS) is 12.4. The molecule has 1 unspecified atom stereocenters. The molecule has 0 fully saturated rings. The molecular weight excluding hydrogens is 278 g/mol. The summed E-state index contributed by atoms with van der Waals surface area (Å²) in [6, 6.07) is 3.33. The Labute approximate surface area is 119 Å². The Bertz CT molecular complexity index is 696. The van der Waals surface area contributed by atoms with Crippen molar-refractivity contribution in [3.05, 3.63) is 22.5 Å². The molecule has 2 aromatic rings. The van der Waals surface area contributed by atoms with E-state index in [1.54, 1.807) is 12.1 Å². The minimum Gasteiger partial charge on any atom is -0.503 e. The molecule has 2 rings (SSSR count). The first-order valence-electron chi connectivity index (χ1n) is 6.17. The van der Waals surface area contributed by atoms with E-state index in [0.29, 0.717) is 27.3 Å². The van der Waals surface area contributed by atoms with E-state index >= 15 is 0 Å². The molecule has 0 aliphatic heterocycles. The molecule has 2 N–H and O–H groups in total. The van der Waals surface area contributed by atoms with Crippen LogP contribution >= 0.6 is 0 Å². The van der Waals surface area contributed by atoms with E-state index in [9.17, 15) is 9.90 Å². The summed E-state index contributed by atoms with van der Waals surface area (Å²) in [5.41, 5.74) is 0.275. The van der Waals surface area contributed by atoms with Crippen molar-refractivity contribution in [1.29, 1.82) is 0 Å². The van der Waals surface area contributed by atoms with Crippen LogP contribution in [0.5, 0.6) is 17.2 Å². The summed E-state index contributed by atoms with van der Waals surface area (Å²) < 4.78 is 10.4. The molecule has 1 aromatic heterocycles. The van der Waals surface area contributed by atoms with Gasteiger partial charge in [0.1, 0.15) is 12.0 Å². The summed E-state index contributed by atoms with van der Waals surface area (Å²) in [6.07, 6.45) is 1.94. The van der Waals surface area contributed by atoms with E-state index in [2.05, 4.69) is 4.98 Å². The van der Waals surface area contributed by atoms with Gasteiger partial charge in [0.2, 0.25) is 0 Å². The Balaban J connectivity index is 2.81. The molecule has 5 nitrogen and oxygen atoms in total. The smallest absolute Gasteiger partial charge is 0.307 e. The number of ether oxygens (including phenoxy) is 2. The molecule has 1 atom stereocenters. The standard InChI is InChI=1S/C14H17NO4S/c1-5-20(4)13-12(16)8-6-10(18-2)11(19-3)7-9(8)15-14(13)17/h6-7H,5H2,1-4H3,(H-,15,16,17)/p+1. The van der Waals surface area contributed by atoms with Gasteiger partial charge in [-0.25, -0.2) is 0 Å². The van der Waals surface area contributed by atoms with Crippen LogP contribution in [0.1, 0.15) is 6.92 Å². The first kappa shape index (κ1) is 14.6. The van der Waals surface area contributed by atoms with Crippen molar-refractivity contribution < 1.29 is 14.6 Å². The second-order valence-corrected chi connectivity index (χ2v) is 6.57. The fourth-order valence-electron chi connectivity index (χ4n) is 2.05. The average Bonchev–Trinajstić information content (AvgIpc) is 2.45. The maximum absolute atomic E-state index is 12.1. The number of benzene rings is 1. The van der Waals surface area contributed by atoms with Gasteiger partial charge in [0.05, 0.1) is 19.7 Å². The van der Waals surface area contributed by atoms with Crippen molar-refractivity contribution in [3.8, 4) is 17.2 Å². The van der Waals surface area contributed by atoms with Crippen LogP contribution in [0.25, 0.3) is 10.9 Å². The number of aromatic amines is 1. The summed E-state index contributed by atoms with van der Waals surface area (Å²) in [4.78, 5) is 15.4. The molecule has 0 saturated heterocycles. The zero-order valence-electron chi connectivity index (χ0n) is 11.9. The number of rotatable bonds is 4. The average molecular weight is 296 g/mol. The van der Waals surface area contributed by atoms with Crippen molar-refractivity contribution in [3.63, 3.8) is 0 Å². The van der Waals surface area contributed by atoms with Gasteiger partial charge in [0, 0.05) is 22.3 Å². The highest BCUT2D eigenvalue weighted by Gasteiger charge is 2.26. The quantitative estimate of drug-likeness (QED) is 0.845. The molecule has 0 bridgehead atoms. The Hall–Kier alpha value is -1.82. The van der Waals surface area contributed by atoms with Gasteiger partial charge >= 0.3 is 5.56 Å². The minimum absolute atomic E-state index is 0.0254. The Kier molecular flexibility index (Phi) is 4.13. The van der Waals surface area contributed by atoms with Gasteiger partial charge in [-0.1, -0.05) is 0 Å². The molecule has 0 aliphatic rings. The van der Waals surface area contributed by atoms with Crippen LogP contribution < -0.4 is 15.0 Å². The molecule has 1 heterocycles. The van der Waals surface area contributed by atoms with Crippen molar-refractivity contribution in [2.24, 2.45) is 0 Å². The summed E-state index contributed by atoms with van der Waals surface area (Å²) in [7, 11) is 2.75. The topological polar surface area (TPSA) is 71.5 Å². The number of hydrogen-bond acceptors (Lipinski definition) is 4. The lowest BCUT2D eigenvalue weighted by atomic mass is 10.2. The van der Waals surface area contributed by atoms with E-state index in [0.717, 1.165) is 5.75 Å². The summed E-state index contributed by atoms with van der Waals surface area (Å²) in [5.74, 6) is 1.85. The van der Waals surface area contributed by atoms with Gasteiger partial charge in [-0.3, -0.25) is 4.79 Å². The number of aromatic nitrogens is 1. The fourth-order valence-corrected chi connectivity index (χ4v) is 3.15. The van der Waals surface area contributed by atoms with Crippen molar-refractivity contribution >= 4 is 21.8 Å². The van der Waals surface area contributed by atoms with Crippen LogP contribution in [0.2, 0.25) is 0 Å². The van der Waals surface area contributed by atoms with Crippen LogP contribution in [-0.2, 0) is 10.9 Å². The lowest BCUT2D eigenvalue weighted by Crippen LogP contribution is -2.18. The van der Waals surface area contributed by atoms with Crippen molar-refractivity contribution in [2.45, 2.75) is 11.8 Å². The van der Waals surface area contributed by atoms with Gasteiger partial charge in [0.25, 0.3) is 4.90 Å².